The zero-order chi connectivity index (χ0) is 28.3. The van der Waals surface area contributed by atoms with E-state index in [1.165, 1.54) is 50.2 Å². The lowest BCUT2D eigenvalue weighted by Crippen LogP contribution is -2.38. The standard InChI is InChI=1S/C32H33FN4O4/c1-4-25(20-7-5-8-20)37-14-12-21(13-15-37)41-29-17-23-24(18-28(29)39-3)34-19-35-32(23)36-31-27(38-2)11-10-22(30(31)33)26-9-6-16-40-26/h4,6,9-11,16-19,21H,1,5,7-8,12-15H2,2-3H3,(H,34,35,36). The molecule has 6 rings (SSSR count). The molecule has 2 fully saturated rings. The van der Waals surface area contributed by atoms with E-state index >= 15 is 4.39 Å². The van der Waals surface area contributed by atoms with Crippen LogP contribution in [0.15, 0.2) is 77.3 Å². The van der Waals surface area contributed by atoms with Crippen molar-refractivity contribution >= 4 is 22.4 Å². The van der Waals surface area contributed by atoms with Crippen molar-refractivity contribution in [3.05, 3.63) is 78.7 Å². The average molecular weight is 557 g/mol. The van der Waals surface area contributed by atoms with Crippen LogP contribution >= 0.6 is 0 Å². The summed E-state index contributed by atoms with van der Waals surface area (Å²) in [7, 11) is 3.10. The number of allylic oxidation sites excluding steroid dienone is 2. The summed E-state index contributed by atoms with van der Waals surface area (Å²) >= 11 is 0. The normalized spacial score (nSPS) is 15.4. The molecule has 0 bridgehead atoms. The number of hydrogen-bond acceptors (Lipinski definition) is 8. The topological polar surface area (TPSA) is 81.9 Å². The van der Waals surface area contributed by atoms with Gasteiger partial charge in [0.25, 0.3) is 0 Å². The highest BCUT2D eigenvalue weighted by molar-refractivity contribution is 5.94. The lowest BCUT2D eigenvalue weighted by Gasteiger charge is -2.37. The zero-order valence-corrected chi connectivity index (χ0v) is 23.3. The molecule has 1 saturated carbocycles. The predicted octanol–water partition coefficient (Wildman–Crippen LogP) is 7.26. The minimum absolute atomic E-state index is 0.0265. The van der Waals surface area contributed by atoms with Gasteiger partial charge in [-0.3, -0.25) is 0 Å². The van der Waals surface area contributed by atoms with E-state index in [9.17, 15) is 0 Å². The highest BCUT2D eigenvalue weighted by atomic mass is 19.1. The van der Waals surface area contributed by atoms with Crippen molar-refractivity contribution < 1.29 is 23.0 Å². The molecule has 41 heavy (non-hydrogen) atoms. The van der Waals surface area contributed by atoms with Gasteiger partial charge in [0, 0.05) is 43.1 Å². The number of methoxy groups -OCH3 is 2. The molecule has 2 aliphatic rings. The molecule has 1 N–H and O–H groups in total. The Hall–Kier alpha value is -4.53. The van der Waals surface area contributed by atoms with Crippen molar-refractivity contribution in [2.24, 2.45) is 0 Å². The molecule has 0 amide bonds. The number of hydrogen-bond donors (Lipinski definition) is 1. The van der Waals surface area contributed by atoms with Crippen LogP contribution in [-0.4, -0.2) is 48.3 Å². The molecule has 9 heteroatoms. The first-order valence-corrected chi connectivity index (χ1v) is 13.9. The molecule has 0 radical (unpaired) electrons. The summed E-state index contributed by atoms with van der Waals surface area (Å²) in [5, 5.41) is 3.80. The number of anilines is 2. The zero-order valence-electron chi connectivity index (χ0n) is 23.3. The molecule has 1 aliphatic carbocycles. The molecule has 1 saturated heterocycles. The average Bonchev–Trinajstić information content (AvgIpc) is 3.51. The number of likely N-dealkylation sites (tertiary alicyclic amines) is 1. The van der Waals surface area contributed by atoms with Crippen LogP contribution in [0, 0.1) is 5.82 Å². The SMILES string of the molecule is C=CC(=C1CCC1)N1CCC(Oc2cc3c(Nc4c(OC)ccc(-c5ccco5)c4F)ncnc3cc2OC)CC1. The second-order valence-corrected chi connectivity index (χ2v) is 10.2. The van der Waals surface area contributed by atoms with E-state index in [0.29, 0.717) is 45.3 Å². The molecule has 8 nitrogen and oxygen atoms in total. The molecule has 2 aromatic heterocycles. The largest absolute Gasteiger partial charge is 0.494 e. The molecule has 2 aromatic carbocycles. The van der Waals surface area contributed by atoms with Crippen LogP contribution in [0.5, 0.6) is 17.2 Å². The fraction of sp³-hybridized carbons (Fsp3) is 0.312. The Kier molecular flexibility index (Phi) is 7.50. The first kappa shape index (κ1) is 26.7. The second kappa shape index (κ2) is 11.5. The third-order valence-electron chi connectivity index (χ3n) is 7.86. The molecule has 3 heterocycles. The van der Waals surface area contributed by atoms with Gasteiger partial charge in [-0.15, -0.1) is 0 Å². The van der Waals surface area contributed by atoms with Crippen LogP contribution < -0.4 is 19.5 Å². The van der Waals surface area contributed by atoms with Crippen molar-refractivity contribution in [1.29, 1.82) is 0 Å². The molecule has 0 unspecified atom stereocenters. The highest BCUT2D eigenvalue weighted by Gasteiger charge is 2.26. The lowest BCUT2D eigenvalue weighted by atomic mass is 9.89. The van der Waals surface area contributed by atoms with Crippen molar-refractivity contribution in [1.82, 2.24) is 14.9 Å². The summed E-state index contributed by atoms with van der Waals surface area (Å²) in [5.41, 5.74) is 3.89. The van der Waals surface area contributed by atoms with E-state index in [2.05, 4.69) is 26.8 Å². The predicted molar refractivity (Wildman–Crippen MR) is 156 cm³/mol. The van der Waals surface area contributed by atoms with E-state index in [1.54, 1.807) is 31.4 Å². The number of rotatable bonds is 9. The summed E-state index contributed by atoms with van der Waals surface area (Å²) in [6.45, 7) is 5.87. The molecule has 1 aliphatic heterocycles. The summed E-state index contributed by atoms with van der Waals surface area (Å²) in [6.07, 6.45) is 10.3. The summed E-state index contributed by atoms with van der Waals surface area (Å²) in [5.74, 6) is 1.81. The number of aromatic nitrogens is 2. The summed E-state index contributed by atoms with van der Waals surface area (Å²) in [4.78, 5) is 11.3. The van der Waals surface area contributed by atoms with Crippen LogP contribution in [0.3, 0.4) is 0 Å². The third-order valence-corrected chi connectivity index (χ3v) is 7.86. The van der Waals surface area contributed by atoms with Crippen molar-refractivity contribution in [2.75, 3.05) is 32.6 Å². The van der Waals surface area contributed by atoms with Crippen LogP contribution in [0.2, 0.25) is 0 Å². The van der Waals surface area contributed by atoms with E-state index in [0.717, 1.165) is 25.9 Å². The molecule has 212 valence electrons. The molecular formula is C32H33FN4O4. The number of benzene rings is 2. The number of nitrogens with zero attached hydrogens (tertiary/aromatic N) is 3. The molecule has 0 atom stereocenters. The fourth-order valence-corrected chi connectivity index (χ4v) is 5.50. The van der Waals surface area contributed by atoms with Crippen LogP contribution in [0.1, 0.15) is 32.1 Å². The van der Waals surface area contributed by atoms with Gasteiger partial charge in [0.1, 0.15) is 35.4 Å². The minimum Gasteiger partial charge on any atom is -0.494 e. The Balaban J connectivity index is 1.28. The Morgan fingerprint density at radius 3 is 2.54 bits per heavy atom. The number of nitrogens with one attached hydrogen (secondary N) is 1. The Labute approximate surface area is 238 Å². The fourth-order valence-electron chi connectivity index (χ4n) is 5.50. The van der Waals surface area contributed by atoms with Crippen molar-refractivity contribution in [3.63, 3.8) is 0 Å². The monoisotopic (exact) mass is 556 g/mol. The third kappa shape index (κ3) is 5.19. The maximum absolute atomic E-state index is 15.8. The van der Waals surface area contributed by atoms with Gasteiger partial charge in [0.05, 0.1) is 31.6 Å². The summed E-state index contributed by atoms with van der Waals surface area (Å²) in [6, 6.07) is 10.4. The Bertz CT molecular complexity index is 1590. The Morgan fingerprint density at radius 2 is 1.88 bits per heavy atom. The lowest BCUT2D eigenvalue weighted by molar-refractivity contribution is 0.115. The second-order valence-electron chi connectivity index (χ2n) is 10.2. The van der Waals surface area contributed by atoms with Gasteiger partial charge < -0.3 is 28.8 Å². The maximum Gasteiger partial charge on any atom is 0.162 e. The van der Waals surface area contributed by atoms with Gasteiger partial charge >= 0.3 is 0 Å². The smallest absolute Gasteiger partial charge is 0.162 e. The van der Waals surface area contributed by atoms with Gasteiger partial charge in [-0.2, -0.15) is 0 Å². The first-order chi connectivity index (χ1) is 20.1. The number of fused-ring (bicyclic) bond motifs is 1. The number of ether oxygens (including phenoxy) is 3. The van der Waals surface area contributed by atoms with Gasteiger partial charge in [0.2, 0.25) is 0 Å². The van der Waals surface area contributed by atoms with Gasteiger partial charge in [-0.25, -0.2) is 14.4 Å². The van der Waals surface area contributed by atoms with Gasteiger partial charge in [0.15, 0.2) is 17.3 Å². The molecule has 4 aromatic rings. The van der Waals surface area contributed by atoms with Crippen molar-refractivity contribution in [3.8, 4) is 28.6 Å². The number of halogens is 1. The summed E-state index contributed by atoms with van der Waals surface area (Å²) < 4.78 is 38.8. The van der Waals surface area contributed by atoms with Crippen LogP contribution in [-0.2, 0) is 0 Å². The van der Waals surface area contributed by atoms with E-state index in [4.69, 9.17) is 18.6 Å². The maximum atomic E-state index is 15.8. The van der Waals surface area contributed by atoms with Crippen LogP contribution in [0.25, 0.3) is 22.2 Å². The number of furan rings is 1. The van der Waals surface area contributed by atoms with Crippen molar-refractivity contribution in [2.45, 2.75) is 38.2 Å². The van der Waals surface area contributed by atoms with Gasteiger partial charge in [-0.1, -0.05) is 6.58 Å². The van der Waals surface area contributed by atoms with E-state index in [1.807, 2.05) is 18.2 Å². The van der Waals surface area contributed by atoms with Crippen LogP contribution in [0.4, 0.5) is 15.9 Å². The Morgan fingerprint density at radius 1 is 1.07 bits per heavy atom. The minimum atomic E-state index is -0.515. The number of piperidine rings is 1. The molecule has 0 spiro atoms. The van der Waals surface area contributed by atoms with Gasteiger partial charge in [-0.05, 0) is 61.2 Å². The first-order valence-electron chi connectivity index (χ1n) is 13.9. The highest BCUT2D eigenvalue weighted by Crippen LogP contribution is 2.40. The van der Waals surface area contributed by atoms with E-state index in [-0.39, 0.29) is 11.8 Å². The molecular weight excluding hydrogens is 523 g/mol. The van der Waals surface area contributed by atoms with E-state index < -0.39 is 5.82 Å². The quantitative estimate of drug-likeness (QED) is 0.231.